The van der Waals surface area contributed by atoms with Crippen LogP contribution in [0.2, 0.25) is 10.0 Å². The van der Waals surface area contributed by atoms with Crippen LogP contribution in [0.1, 0.15) is 19.3 Å². The average Bonchev–Trinajstić information content (AvgIpc) is 3.10. The molecule has 1 aromatic rings. The van der Waals surface area contributed by atoms with Crippen LogP contribution in [0.25, 0.3) is 0 Å². The van der Waals surface area contributed by atoms with E-state index < -0.39 is 26.7 Å². The minimum absolute atomic E-state index is 0.0112. The molecule has 0 bridgehead atoms. The van der Waals surface area contributed by atoms with Crippen molar-refractivity contribution in [2.24, 2.45) is 0 Å². The van der Waals surface area contributed by atoms with Crippen LogP contribution < -0.4 is 10.6 Å². The van der Waals surface area contributed by atoms with Crippen molar-refractivity contribution < 1.29 is 13.2 Å². The maximum atomic E-state index is 12.7. The molecule has 0 spiro atoms. The Kier molecular flexibility index (Phi) is 4.51. The van der Waals surface area contributed by atoms with E-state index in [1.165, 1.54) is 18.2 Å². The van der Waals surface area contributed by atoms with Crippen LogP contribution >= 0.6 is 23.2 Å². The molecule has 1 amide bonds. The van der Waals surface area contributed by atoms with Gasteiger partial charge in [0.2, 0.25) is 5.91 Å². The predicted molar refractivity (Wildman–Crippen MR) is 89.6 cm³/mol. The molecule has 9 heteroatoms. The van der Waals surface area contributed by atoms with Crippen molar-refractivity contribution in [2.75, 3.05) is 6.54 Å². The minimum atomic E-state index is -3.68. The Balaban J connectivity index is 1.73. The van der Waals surface area contributed by atoms with Gasteiger partial charge in [-0.2, -0.15) is 5.26 Å². The molecule has 2 fully saturated rings. The summed E-state index contributed by atoms with van der Waals surface area (Å²) in [5.41, 5.74) is -0.769. The lowest BCUT2D eigenvalue weighted by Gasteiger charge is -2.15. The van der Waals surface area contributed by atoms with E-state index in [2.05, 4.69) is 16.7 Å². The summed E-state index contributed by atoms with van der Waals surface area (Å²) < 4.78 is 25.5. The Labute approximate surface area is 150 Å². The standard InChI is InChI=1S/C15H15Cl2N3O3S/c16-9-1-2-13(11(17)5-9)24(22,23)10-6-12(19-7-10)14(21)20-15(8-18)3-4-15/h1-2,5,10,12,19H,3-4,6-7H2,(H,20,21)/t10-,12+/m1/s1. The van der Waals surface area contributed by atoms with E-state index in [1.54, 1.807) is 0 Å². The molecule has 1 aliphatic carbocycles. The summed E-state index contributed by atoms with van der Waals surface area (Å²) in [6, 6.07) is 5.67. The zero-order chi connectivity index (χ0) is 17.5. The number of hydrogen-bond donors (Lipinski definition) is 2. The maximum Gasteiger partial charge on any atom is 0.238 e. The lowest BCUT2D eigenvalue weighted by Crippen LogP contribution is -2.45. The molecule has 1 saturated heterocycles. The summed E-state index contributed by atoms with van der Waals surface area (Å²) in [4.78, 5) is 12.2. The van der Waals surface area contributed by atoms with Crippen molar-refractivity contribution in [3.8, 4) is 6.07 Å². The third kappa shape index (κ3) is 3.24. The number of nitriles is 1. The maximum absolute atomic E-state index is 12.7. The molecule has 0 aromatic heterocycles. The zero-order valence-corrected chi connectivity index (χ0v) is 14.9. The first-order valence-corrected chi connectivity index (χ1v) is 9.73. The third-order valence-electron chi connectivity index (χ3n) is 4.37. The van der Waals surface area contributed by atoms with Gasteiger partial charge in [-0.1, -0.05) is 23.2 Å². The molecule has 1 heterocycles. The fourth-order valence-electron chi connectivity index (χ4n) is 2.74. The van der Waals surface area contributed by atoms with Crippen LogP contribution in [-0.4, -0.2) is 37.7 Å². The highest BCUT2D eigenvalue weighted by Crippen LogP contribution is 2.35. The van der Waals surface area contributed by atoms with Crippen LogP contribution in [-0.2, 0) is 14.6 Å². The molecule has 0 radical (unpaired) electrons. The molecule has 1 saturated carbocycles. The molecule has 2 aliphatic rings. The normalized spacial score (nSPS) is 25.0. The fraction of sp³-hybridized carbons (Fsp3) is 0.467. The van der Waals surface area contributed by atoms with Crippen LogP contribution in [0.5, 0.6) is 0 Å². The largest absolute Gasteiger partial charge is 0.336 e. The minimum Gasteiger partial charge on any atom is -0.336 e. The molecule has 128 valence electrons. The van der Waals surface area contributed by atoms with Gasteiger partial charge < -0.3 is 10.6 Å². The lowest BCUT2D eigenvalue weighted by atomic mass is 10.2. The molecule has 1 aromatic carbocycles. The highest BCUT2D eigenvalue weighted by molar-refractivity contribution is 7.92. The van der Waals surface area contributed by atoms with E-state index in [0.717, 1.165) is 0 Å². The van der Waals surface area contributed by atoms with E-state index in [0.29, 0.717) is 17.9 Å². The van der Waals surface area contributed by atoms with E-state index in [4.69, 9.17) is 28.5 Å². The Hall–Kier alpha value is -1.33. The first kappa shape index (κ1) is 17.5. The average molecular weight is 388 g/mol. The number of carbonyl (C=O) groups excluding carboxylic acids is 1. The van der Waals surface area contributed by atoms with Gasteiger partial charge in [0.15, 0.2) is 9.84 Å². The third-order valence-corrected chi connectivity index (χ3v) is 7.24. The van der Waals surface area contributed by atoms with Gasteiger partial charge in [-0.3, -0.25) is 4.79 Å². The SMILES string of the molecule is N#CC1(NC(=O)[C@@H]2C[C@@H](S(=O)(=O)c3ccc(Cl)cc3Cl)CN2)CC1. The Bertz CT molecular complexity index is 831. The smallest absolute Gasteiger partial charge is 0.238 e. The van der Waals surface area contributed by atoms with Crippen LogP contribution in [0, 0.1) is 11.3 Å². The summed E-state index contributed by atoms with van der Waals surface area (Å²) in [6.07, 6.45) is 1.39. The lowest BCUT2D eigenvalue weighted by molar-refractivity contribution is -0.123. The predicted octanol–water partition coefficient (Wildman–Crippen LogP) is 1.67. The van der Waals surface area contributed by atoms with E-state index in [9.17, 15) is 13.2 Å². The highest BCUT2D eigenvalue weighted by Gasteiger charge is 2.47. The van der Waals surface area contributed by atoms with Crippen molar-refractivity contribution in [3.05, 3.63) is 28.2 Å². The summed E-state index contributed by atoms with van der Waals surface area (Å²) in [5.74, 6) is -0.339. The zero-order valence-electron chi connectivity index (χ0n) is 12.6. The number of benzene rings is 1. The first-order chi connectivity index (χ1) is 11.3. The van der Waals surface area contributed by atoms with Crippen molar-refractivity contribution in [3.63, 3.8) is 0 Å². The van der Waals surface area contributed by atoms with Gasteiger partial charge in [-0.05, 0) is 37.5 Å². The summed E-state index contributed by atoms with van der Waals surface area (Å²) in [7, 11) is -3.68. The number of nitrogens with zero attached hydrogens (tertiary/aromatic N) is 1. The number of hydrogen-bond acceptors (Lipinski definition) is 5. The second kappa shape index (κ2) is 6.19. The molecular weight excluding hydrogens is 373 g/mol. The number of rotatable bonds is 4. The van der Waals surface area contributed by atoms with E-state index >= 15 is 0 Å². The summed E-state index contributed by atoms with van der Waals surface area (Å²) in [5, 5.41) is 14.3. The molecule has 2 N–H and O–H groups in total. The van der Waals surface area contributed by atoms with Gasteiger partial charge in [0.1, 0.15) is 5.54 Å². The molecule has 2 atom stereocenters. The number of carbonyl (C=O) groups is 1. The number of amides is 1. The Morgan fingerprint density at radius 2 is 2.08 bits per heavy atom. The van der Waals surface area contributed by atoms with Gasteiger partial charge in [-0.15, -0.1) is 0 Å². The quantitative estimate of drug-likeness (QED) is 0.818. The Morgan fingerprint density at radius 1 is 1.38 bits per heavy atom. The van der Waals surface area contributed by atoms with Gasteiger partial charge in [0.25, 0.3) is 0 Å². The topological polar surface area (TPSA) is 99.1 Å². The summed E-state index contributed by atoms with van der Waals surface area (Å²) >= 11 is 11.8. The van der Waals surface area contributed by atoms with Crippen LogP contribution in [0.4, 0.5) is 0 Å². The Morgan fingerprint density at radius 3 is 2.67 bits per heavy atom. The highest BCUT2D eigenvalue weighted by atomic mass is 35.5. The van der Waals surface area contributed by atoms with Gasteiger partial charge in [0.05, 0.1) is 27.3 Å². The van der Waals surface area contributed by atoms with Crippen molar-refractivity contribution in [1.82, 2.24) is 10.6 Å². The van der Waals surface area contributed by atoms with Gasteiger partial charge >= 0.3 is 0 Å². The van der Waals surface area contributed by atoms with Crippen LogP contribution in [0.3, 0.4) is 0 Å². The van der Waals surface area contributed by atoms with Gasteiger partial charge in [-0.25, -0.2) is 8.42 Å². The van der Waals surface area contributed by atoms with Crippen LogP contribution in [0.15, 0.2) is 23.1 Å². The first-order valence-electron chi connectivity index (χ1n) is 7.43. The molecular formula is C15H15Cl2N3O3S. The molecule has 24 heavy (non-hydrogen) atoms. The summed E-state index contributed by atoms with van der Waals surface area (Å²) in [6.45, 7) is 0.152. The molecule has 3 rings (SSSR count). The number of nitrogens with one attached hydrogen (secondary N) is 2. The van der Waals surface area contributed by atoms with E-state index in [-0.39, 0.29) is 28.8 Å². The fourth-order valence-corrected chi connectivity index (χ4v) is 5.18. The van der Waals surface area contributed by atoms with Crippen molar-refractivity contribution in [1.29, 1.82) is 5.26 Å². The number of sulfone groups is 1. The second-order valence-electron chi connectivity index (χ2n) is 6.12. The second-order valence-corrected chi connectivity index (χ2v) is 9.16. The molecule has 1 aliphatic heterocycles. The monoisotopic (exact) mass is 387 g/mol. The molecule has 0 unspecified atom stereocenters. The van der Waals surface area contributed by atoms with Crippen molar-refractivity contribution in [2.45, 2.75) is 41.0 Å². The van der Waals surface area contributed by atoms with E-state index in [1.807, 2.05) is 0 Å². The van der Waals surface area contributed by atoms with Gasteiger partial charge in [0, 0.05) is 11.6 Å². The molecule has 6 nitrogen and oxygen atoms in total. The number of halogens is 2. The van der Waals surface area contributed by atoms with Crippen molar-refractivity contribution >= 4 is 38.9 Å².